The largest absolute Gasteiger partial charge is 0.491 e. The highest BCUT2D eigenvalue weighted by molar-refractivity contribution is 5.97. The Morgan fingerprint density at radius 2 is 1.94 bits per heavy atom. The van der Waals surface area contributed by atoms with E-state index in [1.807, 2.05) is 12.2 Å². The van der Waals surface area contributed by atoms with Gasteiger partial charge in [-0.3, -0.25) is 9.69 Å². The van der Waals surface area contributed by atoms with Gasteiger partial charge in [-0.25, -0.2) is 0 Å². The van der Waals surface area contributed by atoms with E-state index in [4.69, 9.17) is 4.74 Å². The molecule has 2 fully saturated rings. The number of amides is 1. The van der Waals surface area contributed by atoms with Crippen LogP contribution in [0.5, 0.6) is 0 Å². The lowest BCUT2D eigenvalue weighted by Crippen LogP contribution is -2.44. The van der Waals surface area contributed by atoms with Crippen LogP contribution in [0.1, 0.15) is 49.7 Å². The summed E-state index contributed by atoms with van der Waals surface area (Å²) in [5.74, 6) is 0.581. The first-order chi connectivity index (χ1) is 17.5. The zero-order chi connectivity index (χ0) is 24.9. The predicted octanol–water partition coefficient (Wildman–Crippen LogP) is 3.84. The van der Waals surface area contributed by atoms with Crippen molar-refractivity contribution in [1.82, 2.24) is 15.1 Å². The molecular weight excluding hydrogens is 450 g/mol. The van der Waals surface area contributed by atoms with E-state index in [0.717, 1.165) is 50.9 Å². The van der Waals surface area contributed by atoms with Gasteiger partial charge in [0.25, 0.3) is 5.91 Å². The summed E-state index contributed by atoms with van der Waals surface area (Å²) in [4.78, 5) is 17.5. The number of rotatable bonds is 6. The van der Waals surface area contributed by atoms with Gasteiger partial charge in [0, 0.05) is 44.3 Å². The summed E-state index contributed by atoms with van der Waals surface area (Å²) in [5.41, 5.74) is 5.81. The van der Waals surface area contributed by atoms with Crippen LogP contribution in [-0.2, 0) is 22.5 Å². The van der Waals surface area contributed by atoms with Crippen molar-refractivity contribution in [1.29, 1.82) is 0 Å². The average Bonchev–Trinajstić information content (AvgIpc) is 3.26. The van der Waals surface area contributed by atoms with Gasteiger partial charge in [0.05, 0.1) is 18.2 Å². The second kappa shape index (κ2) is 11.5. The van der Waals surface area contributed by atoms with Gasteiger partial charge >= 0.3 is 0 Å². The first-order valence-electron chi connectivity index (χ1n) is 13.5. The molecule has 2 heterocycles. The molecule has 2 aliphatic carbocycles. The maximum absolute atomic E-state index is 13.5. The number of carbonyl (C=O) groups is 1. The lowest BCUT2D eigenvalue weighted by Gasteiger charge is -2.32. The van der Waals surface area contributed by atoms with Gasteiger partial charge < -0.3 is 20.1 Å². The SMILES string of the molecule is C=C1CCCC(NC2=CC=C3OCCN(C[C@@H](O)CN4CCc5ccccc5C4)C(=O)C3=CC2)CC1. The van der Waals surface area contributed by atoms with Crippen LogP contribution in [0.25, 0.3) is 0 Å². The minimum atomic E-state index is -0.600. The molecule has 1 aromatic carbocycles. The van der Waals surface area contributed by atoms with Crippen molar-refractivity contribution in [3.63, 3.8) is 0 Å². The number of hydrogen-bond acceptors (Lipinski definition) is 5. The Morgan fingerprint density at radius 3 is 2.83 bits per heavy atom. The molecule has 2 atom stereocenters. The predicted molar refractivity (Wildman–Crippen MR) is 142 cm³/mol. The second-order valence-electron chi connectivity index (χ2n) is 10.6. The van der Waals surface area contributed by atoms with Crippen LogP contribution in [0.4, 0.5) is 0 Å². The van der Waals surface area contributed by atoms with E-state index in [9.17, 15) is 9.90 Å². The zero-order valence-corrected chi connectivity index (χ0v) is 21.3. The van der Waals surface area contributed by atoms with Gasteiger partial charge in [-0.2, -0.15) is 0 Å². The molecule has 0 bridgehead atoms. The Hall–Kier alpha value is -2.83. The number of nitrogens with one attached hydrogen (secondary N) is 1. The van der Waals surface area contributed by atoms with Crippen molar-refractivity contribution < 1.29 is 14.6 Å². The van der Waals surface area contributed by atoms with E-state index in [-0.39, 0.29) is 5.91 Å². The summed E-state index contributed by atoms with van der Waals surface area (Å²) in [7, 11) is 0. The molecule has 2 aliphatic heterocycles. The third-order valence-corrected chi connectivity index (χ3v) is 7.79. The molecule has 6 heteroatoms. The van der Waals surface area contributed by atoms with Gasteiger partial charge in [0.15, 0.2) is 0 Å². The molecule has 36 heavy (non-hydrogen) atoms. The van der Waals surface area contributed by atoms with Crippen molar-refractivity contribution in [2.45, 2.75) is 63.6 Å². The van der Waals surface area contributed by atoms with Gasteiger partial charge in [-0.15, -0.1) is 0 Å². The van der Waals surface area contributed by atoms with E-state index in [1.165, 1.54) is 23.1 Å². The lowest BCUT2D eigenvalue weighted by molar-refractivity contribution is -0.128. The number of allylic oxidation sites excluding steroid dienone is 4. The monoisotopic (exact) mass is 489 g/mol. The topological polar surface area (TPSA) is 65.0 Å². The minimum Gasteiger partial charge on any atom is -0.491 e. The number of aliphatic hydroxyl groups excluding tert-OH is 1. The fourth-order valence-electron chi connectivity index (χ4n) is 5.76. The molecule has 5 rings (SSSR count). The standard InChI is InChI=1S/C30H39N3O3/c1-22-5-4-8-25(10-9-22)31-26-11-13-28-29(14-12-26)36-18-17-33(30(28)35)21-27(34)20-32-16-15-23-6-2-3-7-24(23)19-32/h2-3,6-7,12-14,25,27,31,34H,1,4-5,8-11,15-21H2/t25?,27-/m0/s1. The number of carbonyl (C=O) groups excluding carboxylic acids is 1. The highest BCUT2D eigenvalue weighted by Crippen LogP contribution is 2.26. The summed E-state index contributed by atoms with van der Waals surface area (Å²) in [6.07, 6.45) is 12.7. The van der Waals surface area contributed by atoms with Gasteiger partial charge in [0.1, 0.15) is 12.4 Å². The number of hydrogen-bond donors (Lipinski definition) is 2. The molecule has 1 amide bonds. The molecule has 0 aromatic heterocycles. The summed E-state index contributed by atoms with van der Waals surface area (Å²) in [6, 6.07) is 8.96. The van der Waals surface area contributed by atoms with Crippen LogP contribution >= 0.6 is 0 Å². The van der Waals surface area contributed by atoms with Crippen LogP contribution in [-0.4, -0.2) is 65.7 Å². The Bertz CT molecular complexity index is 1070. The molecule has 192 valence electrons. The van der Waals surface area contributed by atoms with Crippen molar-refractivity contribution in [3.8, 4) is 0 Å². The van der Waals surface area contributed by atoms with E-state index in [0.29, 0.717) is 50.0 Å². The van der Waals surface area contributed by atoms with Gasteiger partial charge in [0.2, 0.25) is 0 Å². The van der Waals surface area contributed by atoms with E-state index >= 15 is 0 Å². The third kappa shape index (κ3) is 6.11. The Labute approximate surface area is 215 Å². The molecule has 1 saturated carbocycles. The van der Waals surface area contributed by atoms with Crippen LogP contribution < -0.4 is 5.32 Å². The number of aliphatic hydroxyl groups is 1. The lowest BCUT2D eigenvalue weighted by atomic mass is 10.00. The smallest absolute Gasteiger partial charge is 0.257 e. The normalized spacial score (nSPS) is 24.1. The van der Waals surface area contributed by atoms with E-state index in [2.05, 4.69) is 47.1 Å². The quantitative estimate of drug-likeness (QED) is 0.470. The van der Waals surface area contributed by atoms with Crippen molar-refractivity contribution in [2.75, 3.05) is 32.8 Å². The number of ether oxygens (including phenoxy) is 1. The number of β-amino-alcohol motifs (C(OH)–C–C–N with tert-alkyl or cyclic N) is 1. The zero-order valence-electron chi connectivity index (χ0n) is 21.3. The van der Waals surface area contributed by atoms with Crippen LogP contribution in [0.2, 0.25) is 0 Å². The highest BCUT2D eigenvalue weighted by atomic mass is 16.5. The molecule has 1 aromatic rings. The average molecular weight is 490 g/mol. The fraction of sp³-hybridized carbons (Fsp3) is 0.500. The van der Waals surface area contributed by atoms with Gasteiger partial charge in [-0.05, 0) is 61.8 Å². The molecular formula is C30H39N3O3. The molecule has 1 saturated heterocycles. The first kappa shape index (κ1) is 24.8. The Morgan fingerprint density at radius 1 is 1.08 bits per heavy atom. The highest BCUT2D eigenvalue weighted by Gasteiger charge is 2.29. The molecule has 2 N–H and O–H groups in total. The van der Waals surface area contributed by atoms with Crippen molar-refractivity contribution in [2.24, 2.45) is 0 Å². The third-order valence-electron chi connectivity index (χ3n) is 7.79. The minimum absolute atomic E-state index is 0.0535. The number of nitrogens with zero attached hydrogens (tertiary/aromatic N) is 2. The molecule has 0 radical (unpaired) electrons. The van der Waals surface area contributed by atoms with E-state index in [1.54, 1.807) is 4.90 Å². The molecule has 1 unspecified atom stereocenters. The number of fused-ring (bicyclic) bond motifs is 2. The van der Waals surface area contributed by atoms with Crippen LogP contribution in [0.15, 0.2) is 71.7 Å². The van der Waals surface area contributed by atoms with Crippen LogP contribution in [0, 0.1) is 0 Å². The maximum atomic E-state index is 13.5. The summed E-state index contributed by atoms with van der Waals surface area (Å²) in [5, 5.41) is 14.6. The maximum Gasteiger partial charge on any atom is 0.257 e. The molecule has 0 spiro atoms. The Kier molecular flexibility index (Phi) is 7.93. The molecule has 6 nitrogen and oxygen atoms in total. The summed E-state index contributed by atoms with van der Waals surface area (Å²) >= 11 is 0. The second-order valence-corrected chi connectivity index (χ2v) is 10.6. The van der Waals surface area contributed by atoms with Crippen LogP contribution in [0.3, 0.4) is 0 Å². The first-order valence-corrected chi connectivity index (χ1v) is 13.5. The van der Waals surface area contributed by atoms with E-state index < -0.39 is 6.10 Å². The molecule has 4 aliphatic rings. The van der Waals surface area contributed by atoms with Crippen molar-refractivity contribution in [3.05, 3.63) is 82.8 Å². The number of benzene rings is 1. The fourth-order valence-corrected chi connectivity index (χ4v) is 5.76. The summed E-state index contributed by atoms with van der Waals surface area (Å²) < 4.78 is 5.98. The Balaban J connectivity index is 1.18. The van der Waals surface area contributed by atoms with Crippen molar-refractivity contribution >= 4 is 5.91 Å². The van der Waals surface area contributed by atoms with Gasteiger partial charge in [-0.1, -0.05) is 42.5 Å². The summed E-state index contributed by atoms with van der Waals surface area (Å²) in [6.45, 7) is 7.73.